The number of nitrogens with two attached hydrogens (primary N) is 1. The molecule has 2 fully saturated rings. The summed E-state index contributed by atoms with van der Waals surface area (Å²) in [6.45, 7) is 9.10. The second-order valence-corrected chi connectivity index (χ2v) is 14.8. The van der Waals surface area contributed by atoms with Gasteiger partial charge in [-0.15, -0.1) is 0 Å². The van der Waals surface area contributed by atoms with E-state index < -0.39 is 15.1 Å². The number of rotatable bonds is 8. The van der Waals surface area contributed by atoms with Gasteiger partial charge < -0.3 is 30.2 Å². The minimum absolute atomic E-state index is 0.0135. The Kier molecular flexibility index (Phi) is 8.90. The van der Waals surface area contributed by atoms with Gasteiger partial charge in [-0.3, -0.25) is 9.69 Å². The van der Waals surface area contributed by atoms with Gasteiger partial charge in [0.2, 0.25) is 5.95 Å². The van der Waals surface area contributed by atoms with Gasteiger partial charge in [-0.05, 0) is 70.1 Å². The Morgan fingerprint density at radius 2 is 1.72 bits per heavy atom. The van der Waals surface area contributed by atoms with Crippen LogP contribution in [0.3, 0.4) is 0 Å². The summed E-state index contributed by atoms with van der Waals surface area (Å²) >= 11 is 0. The van der Waals surface area contributed by atoms with Crippen molar-refractivity contribution in [1.82, 2.24) is 29.2 Å². The smallest absolute Gasteiger partial charge is 0.253 e. The number of amides is 1. The van der Waals surface area contributed by atoms with E-state index >= 15 is 0 Å². The average Bonchev–Trinajstić information content (AvgIpc) is 3.48. The van der Waals surface area contributed by atoms with E-state index in [1.807, 2.05) is 27.8 Å². The number of nitrogens with one attached hydrogen (secondary N) is 1. The summed E-state index contributed by atoms with van der Waals surface area (Å²) in [4.78, 5) is 29.5. The van der Waals surface area contributed by atoms with Crippen LogP contribution >= 0.6 is 0 Å². The summed E-state index contributed by atoms with van der Waals surface area (Å²) in [5, 5.41) is 2.61. The third-order valence-electron chi connectivity index (χ3n) is 9.11. The van der Waals surface area contributed by atoms with E-state index in [-0.39, 0.29) is 16.8 Å². The van der Waals surface area contributed by atoms with Gasteiger partial charge in [0.15, 0.2) is 15.7 Å². The van der Waals surface area contributed by atoms with E-state index in [0.29, 0.717) is 45.6 Å². The summed E-state index contributed by atoms with van der Waals surface area (Å²) < 4.78 is 33.9. The highest BCUT2D eigenvalue weighted by molar-refractivity contribution is 7.92. The number of sulfone groups is 1. The van der Waals surface area contributed by atoms with Gasteiger partial charge in [0.05, 0.1) is 34.1 Å². The van der Waals surface area contributed by atoms with Crippen molar-refractivity contribution in [3.05, 3.63) is 60.3 Å². The molecule has 0 unspecified atom stereocenters. The SMILES string of the molecule is COc1cc(C(=O)N2CCC(N3CCN(C)CC3)CC2)ccc1-n1ccc2nc(N)nc(Nc3ccccc3S(=O)(=O)C(C)C)c21. The maximum atomic E-state index is 13.6. The van der Waals surface area contributed by atoms with Crippen LogP contribution in [0.5, 0.6) is 5.75 Å². The first-order valence-corrected chi connectivity index (χ1v) is 17.3. The van der Waals surface area contributed by atoms with Crippen LogP contribution in [0.15, 0.2) is 59.6 Å². The van der Waals surface area contributed by atoms with Crippen LogP contribution in [0.4, 0.5) is 17.5 Å². The predicted octanol–water partition coefficient (Wildman–Crippen LogP) is 3.79. The van der Waals surface area contributed by atoms with Crippen LogP contribution in [-0.4, -0.2) is 108 Å². The van der Waals surface area contributed by atoms with Crippen LogP contribution in [0.2, 0.25) is 0 Å². The van der Waals surface area contributed by atoms with Gasteiger partial charge in [-0.1, -0.05) is 12.1 Å². The number of hydrogen-bond acceptors (Lipinski definition) is 10. The second-order valence-electron chi connectivity index (χ2n) is 12.3. The third kappa shape index (κ3) is 6.14. The lowest BCUT2D eigenvalue weighted by Gasteiger charge is -2.42. The number of nitrogen functional groups attached to an aromatic ring is 1. The summed E-state index contributed by atoms with van der Waals surface area (Å²) in [7, 11) is 0.148. The van der Waals surface area contributed by atoms with Crippen LogP contribution in [0, 0.1) is 0 Å². The molecule has 0 spiro atoms. The zero-order valence-corrected chi connectivity index (χ0v) is 27.6. The normalized spacial score (nSPS) is 17.1. The Balaban J connectivity index is 1.28. The van der Waals surface area contributed by atoms with Crippen LogP contribution < -0.4 is 15.8 Å². The molecule has 2 aromatic heterocycles. The zero-order chi connectivity index (χ0) is 32.6. The number of piperidine rings is 1. The van der Waals surface area contributed by atoms with Crippen molar-refractivity contribution in [3.63, 3.8) is 0 Å². The van der Waals surface area contributed by atoms with E-state index in [0.717, 1.165) is 52.1 Å². The Hall–Kier alpha value is -4.20. The van der Waals surface area contributed by atoms with E-state index in [4.69, 9.17) is 10.5 Å². The van der Waals surface area contributed by atoms with Crippen LogP contribution in [-0.2, 0) is 9.84 Å². The van der Waals surface area contributed by atoms with Crippen molar-refractivity contribution in [2.75, 3.05) is 64.5 Å². The zero-order valence-electron chi connectivity index (χ0n) is 26.8. The van der Waals surface area contributed by atoms with E-state index in [2.05, 4.69) is 32.1 Å². The highest BCUT2D eigenvalue weighted by atomic mass is 32.2. The number of carbonyl (C=O) groups is 1. The summed E-state index contributed by atoms with van der Waals surface area (Å²) in [5.74, 6) is 0.868. The third-order valence-corrected chi connectivity index (χ3v) is 11.3. The highest BCUT2D eigenvalue weighted by Gasteiger charge is 2.29. The minimum Gasteiger partial charge on any atom is -0.495 e. The maximum Gasteiger partial charge on any atom is 0.253 e. The van der Waals surface area contributed by atoms with Gasteiger partial charge in [-0.25, -0.2) is 13.4 Å². The number of para-hydroxylation sites is 1. The standard InChI is InChI=1S/C33H42N8O4S/c1-22(2)46(43,44)29-8-6-5-7-25(29)35-31-30-26(36-33(34)37-31)13-16-41(30)27-10-9-23(21-28(27)45-4)32(42)40-14-11-24(12-15-40)39-19-17-38(3)18-20-39/h5-10,13,16,21-22,24H,11-12,14-15,17-20H2,1-4H3,(H3,34,35,36,37). The molecule has 2 aliphatic rings. The molecule has 0 aliphatic carbocycles. The van der Waals surface area contributed by atoms with E-state index in [1.165, 1.54) is 0 Å². The van der Waals surface area contributed by atoms with Gasteiger partial charge in [0, 0.05) is 57.1 Å². The predicted molar refractivity (Wildman–Crippen MR) is 180 cm³/mol. The molecule has 0 radical (unpaired) electrons. The van der Waals surface area contributed by atoms with Crippen LogP contribution in [0.25, 0.3) is 16.7 Å². The van der Waals surface area contributed by atoms with Crippen LogP contribution in [0.1, 0.15) is 37.0 Å². The van der Waals surface area contributed by atoms with Gasteiger partial charge in [0.25, 0.3) is 5.91 Å². The summed E-state index contributed by atoms with van der Waals surface area (Å²) in [6, 6.07) is 14.5. The number of fused-ring (bicyclic) bond motifs is 1. The fourth-order valence-corrected chi connectivity index (χ4v) is 7.57. The lowest BCUT2D eigenvalue weighted by atomic mass is 10.0. The van der Waals surface area contributed by atoms with E-state index in [9.17, 15) is 13.2 Å². The highest BCUT2D eigenvalue weighted by Crippen LogP contribution is 2.35. The maximum absolute atomic E-state index is 13.6. The molecule has 0 bridgehead atoms. The molecule has 2 aliphatic heterocycles. The number of piperazine rings is 1. The fraction of sp³-hybridized carbons (Fsp3) is 0.424. The molecule has 0 atom stereocenters. The topological polar surface area (TPSA) is 139 Å². The lowest BCUT2D eigenvalue weighted by molar-refractivity contribution is 0.0518. The molecule has 6 rings (SSSR count). The molecule has 1 amide bonds. The molecule has 4 aromatic rings. The largest absolute Gasteiger partial charge is 0.495 e. The molecule has 13 heteroatoms. The van der Waals surface area contributed by atoms with Crippen molar-refractivity contribution < 1.29 is 17.9 Å². The Morgan fingerprint density at radius 3 is 2.41 bits per heavy atom. The quantitative estimate of drug-likeness (QED) is 0.291. The van der Waals surface area contributed by atoms with E-state index in [1.54, 1.807) is 57.4 Å². The number of anilines is 3. The number of aromatic nitrogens is 3. The van der Waals surface area contributed by atoms with Crippen molar-refractivity contribution >= 4 is 44.2 Å². The average molecular weight is 647 g/mol. The number of carbonyl (C=O) groups excluding carboxylic acids is 1. The number of benzene rings is 2. The number of ether oxygens (including phenoxy) is 1. The molecule has 0 saturated carbocycles. The summed E-state index contributed by atoms with van der Waals surface area (Å²) in [5.41, 5.74) is 8.82. The monoisotopic (exact) mass is 646 g/mol. The van der Waals surface area contributed by atoms with Gasteiger partial charge in [0.1, 0.15) is 11.3 Å². The fourth-order valence-electron chi connectivity index (χ4n) is 6.36. The molecule has 2 saturated heterocycles. The number of methoxy groups -OCH3 is 1. The minimum atomic E-state index is -3.59. The van der Waals surface area contributed by atoms with Crippen molar-refractivity contribution in [1.29, 1.82) is 0 Å². The Bertz CT molecular complexity index is 1840. The Labute approximate surface area is 270 Å². The summed E-state index contributed by atoms with van der Waals surface area (Å²) in [6.07, 6.45) is 3.77. The number of nitrogens with zero attached hydrogens (tertiary/aromatic N) is 6. The molecule has 2 aromatic carbocycles. The first kappa shape index (κ1) is 31.8. The van der Waals surface area contributed by atoms with Crippen molar-refractivity contribution in [2.24, 2.45) is 0 Å². The lowest BCUT2D eigenvalue weighted by Crippen LogP contribution is -2.52. The number of hydrogen-bond donors (Lipinski definition) is 2. The molecule has 4 heterocycles. The van der Waals surface area contributed by atoms with Crippen molar-refractivity contribution in [3.8, 4) is 11.4 Å². The first-order chi connectivity index (χ1) is 22.1. The first-order valence-electron chi connectivity index (χ1n) is 15.7. The molecule has 12 nitrogen and oxygen atoms in total. The molecular weight excluding hydrogens is 604 g/mol. The Morgan fingerprint density at radius 1 is 1.00 bits per heavy atom. The number of likely N-dealkylation sites (N-methyl/N-ethyl adjacent to an activating group) is 1. The second kappa shape index (κ2) is 12.9. The molecular formula is C33H42N8O4S. The number of likely N-dealkylation sites (tertiary alicyclic amines) is 1. The molecule has 3 N–H and O–H groups in total. The van der Waals surface area contributed by atoms with Crippen molar-refractivity contribution in [2.45, 2.75) is 42.9 Å². The molecule has 244 valence electrons. The van der Waals surface area contributed by atoms with Gasteiger partial charge >= 0.3 is 0 Å². The van der Waals surface area contributed by atoms with Gasteiger partial charge in [-0.2, -0.15) is 4.98 Å². The molecule has 46 heavy (non-hydrogen) atoms.